The van der Waals surface area contributed by atoms with Gasteiger partial charge in [0.2, 0.25) is 0 Å². The van der Waals surface area contributed by atoms with Gasteiger partial charge >= 0.3 is 6.61 Å². The molecule has 0 unspecified atom stereocenters. The summed E-state index contributed by atoms with van der Waals surface area (Å²) in [6.45, 7) is -2.53. The van der Waals surface area contributed by atoms with Crippen LogP contribution in [-0.4, -0.2) is 6.61 Å². The molecule has 0 radical (unpaired) electrons. The van der Waals surface area contributed by atoms with E-state index in [0.717, 1.165) is 11.1 Å². The monoisotopic (exact) mass is 351 g/mol. The molecule has 5 heteroatoms. The minimum absolute atomic E-state index is 0.0541. The Hall–Kier alpha value is -3.39. The summed E-state index contributed by atoms with van der Waals surface area (Å²) in [6.07, 6.45) is 0. The first-order valence-corrected chi connectivity index (χ1v) is 7.92. The Kier molecular flexibility index (Phi) is 5.45. The van der Waals surface area contributed by atoms with E-state index in [0.29, 0.717) is 17.9 Å². The summed E-state index contributed by atoms with van der Waals surface area (Å²) >= 11 is 0. The summed E-state index contributed by atoms with van der Waals surface area (Å²) in [5.74, 6) is 0.542. The standard InChI is InChI=1S/C21H15F2NO2/c22-21(23)26-20-10-9-17(11-18(20)13-24)16-7-4-8-19(12-16)25-14-15-5-2-1-3-6-15/h1-12,21H,14H2. The molecule has 130 valence electrons. The van der Waals surface area contributed by atoms with Gasteiger partial charge in [-0.2, -0.15) is 14.0 Å². The zero-order valence-electron chi connectivity index (χ0n) is 13.7. The molecule has 0 saturated heterocycles. The van der Waals surface area contributed by atoms with E-state index in [1.165, 1.54) is 12.1 Å². The van der Waals surface area contributed by atoms with Gasteiger partial charge in [-0.3, -0.25) is 0 Å². The van der Waals surface area contributed by atoms with Gasteiger partial charge in [-0.05, 0) is 41.0 Å². The van der Waals surface area contributed by atoms with Crippen LogP contribution in [0.2, 0.25) is 0 Å². The van der Waals surface area contributed by atoms with Gasteiger partial charge in [0.05, 0.1) is 5.56 Å². The Morgan fingerprint density at radius 3 is 2.38 bits per heavy atom. The summed E-state index contributed by atoms with van der Waals surface area (Å²) in [6, 6.07) is 23.6. The maximum atomic E-state index is 12.4. The van der Waals surface area contributed by atoms with Crippen molar-refractivity contribution in [3.8, 4) is 28.7 Å². The van der Waals surface area contributed by atoms with Crippen LogP contribution in [0.5, 0.6) is 11.5 Å². The minimum Gasteiger partial charge on any atom is -0.489 e. The Morgan fingerprint density at radius 1 is 0.885 bits per heavy atom. The fourth-order valence-electron chi connectivity index (χ4n) is 2.50. The lowest BCUT2D eigenvalue weighted by molar-refractivity contribution is -0.0500. The van der Waals surface area contributed by atoms with E-state index in [-0.39, 0.29) is 11.3 Å². The first-order valence-electron chi connectivity index (χ1n) is 7.92. The summed E-state index contributed by atoms with van der Waals surface area (Å²) in [4.78, 5) is 0. The van der Waals surface area contributed by atoms with Gasteiger partial charge in [-0.15, -0.1) is 0 Å². The molecular formula is C21H15F2NO2. The van der Waals surface area contributed by atoms with Crippen molar-refractivity contribution in [3.05, 3.63) is 83.9 Å². The summed E-state index contributed by atoms with van der Waals surface area (Å²) < 4.78 is 34.9. The molecular weight excluding hydrogens is 336 g/mol. The fraction of sp³-hybridized carbons (Fsp3) is 0.0952. The number of rotatable bonds is 6. The Labute approximate surface area is 150 Å². The van der Waals surface area contributed by atoms with Crippen LogP contribution < -0.4 is 9.47 Å². The van der Waals surface area contributed by atoms with Crippen LogP contribution in [0.15, 0.2) is 72.8 Å². The van der Waals surface area contributed by atoms with E-state index in [1.807, 2.05) is 60.7 Å². The average molecular weight is 351 g/mol. The molecule has 0 saturated carbocycles. The van der Waals surface area contributed by atoms with Crippen LogP contribution in [0, 0.1) is 11.3 Å². The van der Waals surface area contributed by atoms with Crippen molar-refractivity contribution in [3.63, 3.8) is 0 Å². The number of ether oxygens (including phenoxy) is 2. The molecule has 0 N–H and O–H groups in total. The second-order valence-corrected chi connectivity index (χ2v) is 5.50. The summed E-state index contributed by atoms with van der Waals surface area (Å²) in [5, 5.41) is 9.17. The molecule has 26 heavy (non-hydrogen) atoms. The van der Waals surface area contributed by atoms with Gasteiger partial charge in [0.15, 0.2) is 0 Å². The Morgan fingerprint density at radius 2 is 1.65 bits per heavy atom. The molecule has 0 heterocycles. The molecule has 3 aromatic rings. The van der Waals surface area contributed by atoms with Gasteiger partial charge in [0.25, 0.3) is 0 Å². The number of halogens is 2. The number of alkyl halides is 2. The molecule has 0 atom stereocenters. The minimum atomic E-state index is -2.97. The fourth-order valence-corrected chi connectivity index (χ4v) is 2.50. The van der Waals surface area contributed by atoms with Gasteiger partial charge in [0.1, 0.15) is 24.2 Å². The van der Waals surface area contributed by atoms with Crippen molar-refractivity contribution >= 4 is 0 Å². The third kappa shape index (κ3) is 4.37. The second kappa shape index (κ2) is 8.13. The number of nitrogens with zero attached hydrogens (tertiary/aromatic N) is 1. The summed E-state index contributed by atoms with van der Waals surface area (Å²) in [5.41, 5.74) is 2.64. The molecule has 0 fully saturated rings. The highest BCUT2D eigenvalue weighted by Crippen LogP contribution is 2.29. The maximum absolute atomic E-state index is 12.4. The highest BCUT2D eigenvalue weighted by Gasteiger charge is 2.11. The van der Waals surface area contributed by atoms with Crippen LogP contribution in [0.4, 0.5) is 8.78 Å². The van der Waals surface area contributed by atoms with Crippen molar-refractivity contribution in [1.82, 2.24) is 0 Å². The van der Waals surface area contributed by atoms with E-state index >= 15 is 0 Å². The Balaban J connectivity index is 1.80. The normalized spacial score (nSPS) is 10.4. The van der Waals surface area contributed by atoms with Crippen LogP contribution in [0.25, 0.3) is 11.1 Å². The molecule has 3 aromatic carbocycles. The smallest absolute Gasteiger partial charge is 0.387 e. The Bertz CT molecular complexity index is 921. The number of hydrogen-bond donors (Lipinski definition) is 0. The zero-order valence-corrected chi connectivity index (χ0v) is 13.7. The predicted molar refractivity (Wildman–Crippen MR) is 94.0 cm³/mol. The molecule has 0 aliphatic carbocycles. The van der Waals surface area contributed by atoms with Crippen LogP contribution in [-0.2, 0) is 6.61 Å². The van der Waals surface area contributed by atoms with Gasteiger partial charge in [0, 0.05) is 0 Å². The number of benzene rings is 3. The van der Waals surface area contributed by atoms with Gasteiger partial charge in [-0.25, -0.2) is 0 Å². The second-order valence-electron chi connectivity index (χ2n) is 5.50. The first kappa shape index (κ1) is 17.4. The zero-order chi connectivity index (χ0) is 18.4. The molecule has 0 aliphatic rings. The molecule has 0 aliphatic heterocycles. The lowest BCUT2D eigenvalue weighted by Crippen LogP contribution is -2.03. The first-order chi connectivity index (χ1) is 12.7. The third-order valence-electron chi connectivity index (χ3n) is 3.73. The van der Waals surface area contributed by atoms with E-state index in [4.69, 9.17) is 10.00 Å². The van der Waals surface area contributed by atoms with Crippen molar-refractivity contribution in [2.45, 2.75) is 13.2 Å². The van der Waals surface area contributed by atoms with Crippen LogP contribution in [0.1, 0.15) is 11.1 Å². The van der Waals surface area contributed by atoms with E-state index < -0.39 is 6.61 Å². The van der Waals surface area contributed by atoms with Crippen LogP contribution in [0.3, 0.4) is 0 Å². The highest BCUT2D eigenvalue weighted by atomic mass is 19.3. The summed E-state index contributed by atoms with van der Waals surface area (Å²) in [7, 11) is 0. The lowest BCUT2D eigenvalue weighted by Gasteiger charge is -2.10. The van der Waals surface area contributed by atoms with Crippen LogP contribution >= 0.6 is 0 Å². The largest absolute Gasteiger partial charge is 0.489 e. The van der Waals surface area contributed by atoms with Crippen molar-refractivity contribution in [1.29, 1.82) is 5.26 Å². The molecule has 0 bridgehead atoms. The quantitative estimate of drug-likeness (QED) is 0.597. The lowest BCUT2D eigenvalue weighted by atomic mass is 10.0. The number of nitriles is 1. The number of hydrogen-bond acceptors (Lipinski definition) is 3. The van der Waals surface area contributed by atoms with E-state index in [2.05, 4.69) is 4.74 Å². The molecule has 0 amide bonds. The highest BCUT2D eigenvalue weighted by molar-refractivity contribution is 5.68. The predicted octanol–water partition coefficient (Wildman–Crippen LogP) is 5.41. The molecule has 0 aromatic heterocycles. The third-order valence-corrected chi connectivity index (χ3v) is 3.73. The average Bonchev–Trinajstić information content (AvgIpc) is 2.67. The van der Waals surface area contributed by atoms with E-state index in [9.17, 15) is 8.78 Å². The van der Waals surface area contributed by atoms with Crippen molar-refractivity contribution in [2.75, 3.05) is 0 Å². The van der Waals surface area contributed by atoms with Gasteiger partial charge in [-0.1, -0.05) is 48.5 Å². The van der Waals surface area contributed by atoms with Crippen molar-refractivity contribution < 1.29 is 18.3 Å². The molecule has 3 rings (SSSR count). The van der Waals surface area contributed by atoms with Crippen molar-refractivity contribution in [2.24, 2.45) is 0 Å². The topological polar surface area (TPSA) is 42.2 Å². The van der Waals surface area contributed by atoms with E-state index in [1.54, 1.807) is 6.07 Å². The SMILES string of the molecule is N#Cc1cc(-c2cccc(OCc3ccccc3)c2)ccc1OC(F)F. The van der Waals surface area contributed by atoms with Gasteiger partial charge < -0.3 is 9.47 Å². The molecule has 0 spiro atoms. The maximum Gasteiger partial charge on any atom is 0.387 e. The molecule has 3 nitrogen and oxygen atoms in total.